The van der Waals surface area contributed by atoms with E-state index in [0.717, 1.165) is 11.3 Å². The first kappa shape index (κ1) is 21.4. The number of aromatic nitrogens is 2. The first-order valence-corrected chi connectivity index (χ1v) is 10.5. The molecule has 0 aliphatic heterocycles. The lowest BCUT2D eigenvalue weighted by molar-refractivity contribution is 0.0950. The summed E-state index contributed by atoms with van der Waals surface area (Å²) in [5.74, 6) is 1.19. The molecule has 0 saturated carbocycles. The summed E-state index contributed by atoms with van der Waals surface area (Å²) >= 11 is 0. The highest BCUT2D eigenvalue weighted by Crippen LogP contribution is 2.16. The van der Waals surface area contributed by atoms with Gasteiger partial charge in [-0.15, -0.1) is 0 Å². The molecule has 32 heavy (non-hydrogen) atoms. The molecule has 0 radical (unpaired) electrons. The molecule has 7 heteroatoms. The minimum Gasteiger partial charge on any atom is -0.491 e. The number of aryl methyl sites for hydroxylation is 1. The van der Waals surface area contributed by atoms with Crippen LogP contribution in [0.2, 0.25) is 0 Å². The third kappa shape index (κ3) is 4.72. The van der Waals surface area contributed by atoms with Crippen LogP contribution < -0.4 is 15.6 Å². The number of hydrogen-bond acceptors (Lipinski definition) is 5. The number of benzene rings is 1. The van der Waals surface area contributed by atoms with E-state index in [2.05, 4.69) is 10.3 Å². The summed E-state index contributed by atoms with van der Waals surface area (Å²) in [7, 11) is 0. The predicted octanol–water partition coefficient (Wildman–Crippen LogP) is 4.06. The second-order valence-electron chi connectivity index (χ2n) is 7.88. The fourth-order valence-electron chi connectivity index (χ4n) is 3.47. The lowest BCUT2D eigenvalue weighted by Crippen LogP contribution is -2.25. The van der Waals surface area contributed by atoms with Crippen LogP contribution in [0, 0.1) is 6.92 Å². The van der Waals surface area contributed by atoms with Gasteiger partial charge in [-0.1, -0.05) is 12.1 Å². The third-order valence-electron chi connectivity index (χ3n) is 5.05. The second kappa shape index (κ2) is 9.09. The molecule has 0 unspecified atom stereocenters. The summed E-state index contributed by atoms with van der Waals surface area (Å²) in [4.78, 5) is 30.3. The van der Waals surface area contributed by atoms with Gasteiger partial charge in [-0.2, -0.15) is 0 Å². The van der Waals surface area contributed by atoms with Crippen LogP contribution in [0.25, 0.3) is 10.9 Å². The van der Waals surface area contributed by atoms with Crippen LogP contribution in [-0.2, 0) is 13.1 Å². The van der Waals surface area contributed by atoms with Crippen LogP contribution in [0.5, 0.6) is 5.75 Å². The summed E-state index contributed by atoms with van der Waals surface area (Å²) in [6.07, 6.45) is 3.36. The fraction of sp³-hybridized carbons (Fsp3) is 0.240. The fourth-order valence-corrected chi connectivity index (χ4v) is 3.47. The molecule has 7 nitrogen and oxygen atoms in total. The van der Waals surface area contributed by atoms with E-state index in [1.54, 1.807) is 42.1 Å². The maximum absolute atomic E-state index is 13.0. The molecule has 0 atom stereocenters. The number of rotatable bonds is 7. The van der Waals surface area contributed by atoms with Gasteiger partial charge in [-0.25, -0.2) is 0 Å². The molecule has 1 aromatic carbocycles. The Bertz CT molecular complexity index is 1290. The van der Waals surface area contributed by atoms with E-state index < -0.39 is 0 Å². The summed E-state index contributed by atoms with van der Waals surface area (Å²) in [6.45, 7) is 6.38. The Morgan fingerprint density at radius 2 is 1.97 bits per heavy atom. The van der Waals surface area contributed by atoms with Gasteiger partial charge in [0.05, 0.1) is 41.1 Å². The van der Waals surface area contributed by atoms with Crippen LogP contribution >= 0.6 is 0 Å². The SMILES string of the molecule is Cc1nc2ccn(Cc3ccco3)c(=O)c2cc1C(=O)NCc1ccc(OC(C)C)cc1. The quantitative estimate of drug-likeness (QED) is 0.477. The van der Waals surface area contributed by atoms with Gasteiger partial charge in [0.25, 0.3) is 11.5 Å². The van der Waals surface area contributed by atoms with Gasteiger partial charge in [-0.05, 0) is 62.7 Å². The van der Waals surface area contributed by atoms with Crippen LogP contribution in [0.4, 0.5) is 0 Å². The Labute approximate surface area is 185 Å². The van der Waals surface area contributed by atoms with Gasteiger partial charge >= 0.3 is 0 Å². The van der Waals surface area contributed by atoms with Crippen molar-refractivity contribution < 1.29 is 13.9 Å². The molecule has 0 fully saturated rings. The molecule has 4 rings (SSSR count). The van der Waals surface area contributed by atoms with Crippen molar-refractivity contribution in [2.45, 2.75) is 40.0 Å². The van der Waals surface area contributed by atoms with Crippen molar-refractivity contribution in [3.8, 4) is 5.75 Å². The number of hydrogen-bond donors (Lipinski definition) is 1. The molecule has 0 spiro atoms. The predicted molar refractivity (Wildman–Crippen MR) is 122 cm³/mol. The lowest BCUT2D eigenvalue weighted by Gasteiger charge is -2.12. The molecule has 0 saturated heterocycles. The molecule has 0 bridgehead atoms. The maximum Gasteiger partial charge on any atom is 0.260 e. The van der Waals surface area contributed by atoms with Crippen molar-refractivity contribution in [1.29, 1.82) is 0 Å². The van der Waals surface area contributed by atoms with Crippen molar-refractivity contribution in [3.05, 3.63) is 93.9 Å². The summed E-state index contributed by atoms with van der Waals surface area (Å²) in [5, 5.41) is 3.30. The van der Waals surface area contributed by atoms with E-state index in [0.29, 0.717) is 41.0 Å². The average molecular weight is 431 g/mol. The van der Waals surface area contributed by atoms with E-state index in [4.69, 9.17) is 9.15 Å². The van der Waals surface area contributed by atoms with E-state index >= 15 is 0 Å². The van der Waals surface area contributed by atoms with Gasteiger partial charge in [0.2, 0.25) is 0 Å². The third-order valence-corrected chi connectivity index (χ3v) is 5.05. The number of nitrogens with one attached hydrogen (secondary N) is 1. The highest BCUT2D eigenvalue weighted by molar-refractivity contribution is 5.98. The second-order valence-corrected chi connectivity index (χ2v) is 7.88. The number of carbonyl (C=O) groups excluding carboxylic acids is 1. The van der Waals surface area contributed by atoms with E-state index in [9.17, 15) is 9.59 Å². The standard InChI is InChI=1S/C25H25N3O4/c1-16(2)32-19-8-6-18(7-9-19)14-26-24(29)21-13-22-23(27-17(21)3)10-11-28(25(22)30)15-20-5-4-12-31-20/h4-13,16H,14-15H2,1-3H3,(H,26,29). The molecule has 0 aliphatic carbocycles. The monoisotopic (exact) mass is 431 g/mol. The Morgan fingerprint density at radius 1 is 1.19 bits per heavy atom. The van der Waals surface area contributed by atoms with Gasteiger partial charge in [0, 0.05) is 12.7 Å². The molecular formula is C25H25N3O4. The summed E-state index contributed by atoms with van der Waals surface area (Å²) in [6, 6.07) is 14.6. The van der Waals surface area contributed by atoms with E-state index in [-0.39, 0.29) is 17.6 Å². The van der Waals surface area contributed by atoms with Gasteiger partial charge < -0.3 is 19.0 Å². The minimum absolute atomic E-state index is 0.104. The Balaban J connectivity index is 1.53. The van der Waals surface area contributed by atoms with Crippen LogP contribution in [-0.4, -0.2) is 21.6 Å². The van der Waals surface area contributed by atoms with Crippen molar-refractivity contribution in [2.24, 2.45) is 0 Å². The zero-order valence-electron chi connectivity index (χ0n) is 18.3. The molecule has 164 valence electrons. The average Bonchev–Trinajstić information content (AvgIpc) is 3.27. The number of amides is 1. The number of pyridine rings is 2. The molecule has 1 N–H and O–H groups in total. The number of furan rings is 1. The molecule has 4 aromatic rings. The zero-order valence-corrected chi connectivity index (χ0v) is 18.3. The summed E-state index contributed by atoms with van der Waals surface area (Å²) < 4.78 is 12.5. The Morgan fingerprint density at radius 3 is 2.66 bits per heavy atom. The maximum atomic E-state index is 13.0. The molecule has 0 aliphatic rings. The van der Waals surface area contributed by atoms with Gasteiger partial charge in [0.1, 0.15) is 11.5 Å². The van der Waals surface area contributed by atoms with Crippen molar-refractivity contribution in [1.82, 2.24) is 14.9 Å². The molecular weight excluding hydrogens is 406 g/mol. The lowest BCUT2D eigenvalue weighted by atomic mass is 10.1. The Hall–Kier alpha value is -3.87. The van der Waals surface area contributed by atoms with Crippen molar-refractivity contribution in [2.75, 3.05) is 0 Å². The van der Waals surface area contributed by atoms with Gasteiger partial charge in [-0.3, -0.25) is 14.6 Å². The highest BCUT2D eigenvalue weighted by Gasteiger charge is 2.14. The molecule has 3 heterocycles. The van der Waals surface area contributed by atoms with Crippen molar-refractivity contribution in [3.63, 3.8) is 0 Å². The van der Waals surface area contributed by atoms with Crippen LogP contribution in [0.3, 0.4) is 0 Å². The topological polar surface area (TPSA) is 86.4 Å². The smallest absolute Gasteiger partial charge is 0.260 e. The van der Waals surface area contributed by atoms with E-state index in [1.165, 1.54) is 0 Å². The van der Waals surface area contributed by atoms with E-state index in [1.807, 2.05) is 44.2 Å². The van der Waals surface area contributed by atoms with Gasteiger partial charge in [0.15, 0.2) is 0 Å². The number of carbonyl (C=O) groups is 1. The minimum atomic E-state index is -0.278. The number of nitrogens with zero attached hydrogens (tertiary/aromatic N) is 2. The Kier molecular flexibility index (Phi) is 6.07. The first-order chi connectivity index (χ1) is 15.4. The zero-order chi connectivity index (χ0) is 22.7. The number of fused-ring (bicyclic) bond motifs is 1. The first-order valence-electron chi connectivity index (χ1n) is 10.5. The molecule has 3 aromatic heterocycles. The van der Waals surface area contributed by atoms with Crippen molar-refractivity contribution >= 4 is 16.8 Å². The molecule has 1 amide bonds. The van der Waals surface area contributed by atoms with Crippen LogP contribution in [0.1, 0.15) is 41.2 Å². The largest absolute Gasteiger partial charge is 0.491 e. The highest BCUT2D eigenvalue weighted by atomic mass is 16.5. The van der Waals surface area contributed by atoms with Crippen LogP contribution in [0.15, 0.2) is 70.2 Å². The number of ether oxygens (including phenoxy) is 1. The normalized spacial score (nSPS) is 11.1. The summed E-state index contributed by atoms with van der Waals surface area (Å²) in [5.41, 5.74) is 2.23.